The molecule has 0 aromatic heterocycles. The number of amides is 2. The van der Waals surface area contributed by atoms with Gasteiger partial charge in [-0.25, -0.2) is 0 Å². The van der Waals surface area contributed by atoms with Crippen LogP contribution in [0.5, 0.6) is 11.5 Å². The Morgan fingerprint density at radius 2 is 1.96 bits per heavy atom. The van der Waals surface area contributed by atoms with Crippen molar-refractivity contribution in [3.8, 4) is 11.5 Å². The van der Waals surface area contributed by atoms with Crippen LogP contribution < -0.4 is 14.4 Å². The first-order valence-corrected chi connectivity index (χ1v) is 9.12. The van der Waals surface area contributed by atoms with Crippen LogP contribution >= 0.6 is 0 Å². The summed E-state index contributed by atoms with van der Waals surface area (Å²) in [5, 5.41) is 0. The maximum Gasteiger partial charge on any atom is 0.254 e. The van der Waals surface area contributed by atoms with Crippen molar-refractivity contribution in [2.75, 3.05) is 31.7 Å². The minimum atomic E-state index is -0.181. The third-order valence-corrected chi connectivity index (χ3v) is 4.68. The molecule has 146 valence electrons. The SMILES string of the molecule is C=CCOc1cccc(C(=O)N2CC(=O)N(c3ccc(OC)cc3)C[C@H]2C)c1. The summed E-state index contributed by atoms with van der Waals surface area (Å²) in [5.74, 6) is 1.04. The number of carbonyl (C=O) groups is 2. The van der Waals surface area contributed by atoms with Gasteiger partial charge < -0.3 is 19.3 Å². The fourth-order valence-electron chi connectivity index (χ4n) is 3.17. The lowest BCUT2D eigenvalue weighted by atomic mass is 10.1. The van der Waals surface area contributed by atoms with Gasteiger partial charge in [0.05, 0.1) is 7.11 Å². The van der Waals surface area contributed by atoms with Crippen molar-refractivity contribution in [2.24, 2.45) is 0 Å². The Kier molecular flexibility index (Phi) is 5.99. The number of methoxy groups -OCH3 is 1. The van der Waals surface area contributed by atoms with Crippen molar-refractivity contribution in [1.29, 1.82) is 0 Å². The van der Waals surface area contributed by atoms with E-state index in [1.54, 1.807) is 47.3 Å². The fourth-order valence-corrected chi connectivity index (χ4v) is 3.17. The summed E-state index contributed by atoms with van der Waals surface area (Å²) in [4.78, 5) is 29.0. The molecule has 1 atom stereocenters. The van der Waals surface area contributed by atoms with Crippen LogP contribution in [0.4, 0.5) is 5.69 Å². The van der Waals surface area contributed by atoms with Gasteiger partial charge in [0.2, 0.25) is 5.91 Å². The first kappa shape index (κ1) is 19.5. The normalized spacial score (nSPS) is 16.6. The predicted molar refractivity (Wildman–Crippen MR) is 108 cm³/mol. The Hall–Kier alpha value is -3.28. The van der Waals surface area contributed by atoms with Gasteiger partial charge >= 0.3 is 0 Å². The van der Waals surface area contributed by atoms with E-state index in [0.29, 0.717) is 24.5 Å². The number of nitrogens with zero attached hydrogens (tertiary/aromatic N) is 2. The second-order valence-corrected chi connectivity index (χ2v) is 6.61. The third kappa shape index (κ3) is 4.17. The number of carbonyl (C=O) groups excluding carboxylic acids is 2. The van der Waals surface area contributed by atoms with Crippen LogP contribution in [0, 0.1) is 0 Å². The molecule has 1 aliphatic heterocycles. The summed E-state index contributed by atoms with van der Waals surface area (Å²) in [6.45, 7) is 6.39. The lowest BCUT2D eigenvalue weighted by molar-refractivity contribution is -0.121. The minimum Gasteiger partial charge on any atom is -0.497 e. The Morgan fingerprint density at radius 3 is 2.64 bits per heavy atom. The maximum absolute atomic E-state index is 13.0. The number of hydrogen-bond acceptors (Lipinski definition) is 4. The van der Waals surface area contributed by atoms with Gasteiger partial charge in [0.1, 0.15) is 24.7 Å². The van der Waals surface area contributed by atoms with E-state index in [1.807, 2.05) is 31.2 Å². The molecule has 6 heteroatoms. The third-order valence-electron chi connectivity index (χ3n) is 4.68. The highest BCUT2D eigenvalue weighted by Crippen LogP contribution is 2.24. The predicted octanol–water partition coefficient (Wildman–Crippen LogP) is 3.14. The highest BCUT2D eigenvalue weighted by atomic mass is 16.5. The van der Waals surface area contributed by atoms with Crippen molar-refractivity contribution in [3.63, 3.8) is 0 Å². The van der Waals surface area contributed by atoms with E-state index in [0.717, 1.165) is 11.4 Å². The minimum absolute atomic E-state index is 0.0315. The largest absolute Gasteiger partial charge is 0.497 e. The summed E-state index contributed by atoms with van der Waals surface area (Å²) < 4.78 is 10.7. The Morgan fingerprint density at radius 1 is 1.21 bits per heavy atom. The zero-order chi connectivity index (χ0) is 20.1. The van der Waals surface area contributed by atoms with E-state index in [9.17, 15) is 9.59 Å². The van der Waals surface area contributed by atoms with Crippen LogP contribution in [-0.4, -0.2) is 49.6 Å². The molecule has 1 aliphatic rings. The molecule has 1 heterocycles. The van der Waals surface area contributed by atoms with Gasteiger partial charge in [-0.2, -0.15) is 0 Å². The summed E-state index contributed by atoms with van der Waals surface area (Å²) in [5.41, 5.74) is 1.30. The van der Waals surface area contributed by atoms with Crippen LogP contribution in [0.3, 0.4) is 0 Å². The molecule has 1 fully saturated rings. The van der Waals surface area contributed by atoms with Crippen LogP contribution in [0.25, 0.3) is 0 Å². The average molecular weight is 380 g/mol. The topological polar surface area (TPSA) is 59.1 Å². The van der Waals surface area contributed by atoms with Crippen LogP contribution in [0.2, 0.25) is 0 Å². The van der Waals surface area contributed by atoms with Gasteiger partial charge in [-0.1, -0.05) is 18.7 Å². The van der Waals surface area contributed by atoms with Gasteiger partial charge in [-0.05, 0) is 49.4 Å². The van der Waals surface area contributed by atoms with Crippen LogP contribution in [0.15, 0.2) is 61.2 Å². The standard InChI is InChI=1S/C22H24N2O4/c1-4-12-28-20-7-5-6-17(13-20)22(26)23-15-21(25)24(14-16(23)2)18-8-10-19(27-3)11-9-18/h4-11,13,16H,1,12,14-15H2,2-3H3/t16-/m1/s1. The summed E-state index contributed by atoms with van der Waals surface area (Å²) in [7, 11) is 1.60. The molecule has 2 aromatic rings. The Balaban J connectivity index is 1.73. The highest BCUT2D eigenvalue weighted by molar-refractivity contribution is 6.02. The van der Waals surface area contributed by atoms with E-state index in [-0.39, 0.29) is 24.4 Å². The highest BCUT2D eigenvalue weighted by Gasteiger charge is 2.33. The molecule has 0 bridgehead atoms. The number of hydrogen-bond donors (Lipinski definition) is 0. The zero-order valence-corrected chi connectivity index (χ0v) is 16.1. The molecule has 2 aromatic carbocycles. The Bertz CT molecular complexity index is 863. The van der Waals surface area contributed by atoms with E-state index in [2.05, 4.69) is 6.58 Å². The van der Waals surface area contributed by atoms with E-state index >= 15 is 0 Å². The summed E-state index contributed by atoms with van der Waals surface area (Å²) >= 11 is 0. The van der Waals surface area contributed by atoms with E-state index in [4.69, 9.17) is 9.47 Å². The van der Waals surface area contributed by atoms with Crippen molar-refractivity contribution < 1.29 is 19.1 Å². The zero-order valence-electron chi connectivity index (χ0n) is 16.1. The quantitative estimate of drug-likeness (QED) is 0.723. The molecule has 0 spiro atoms. The molecule has 0 N–H and O–H groups in total. The number of rotatable bonds is 6. The number of anilines is 1. The molecule has 3 rings (SSSR count). The van der Waals surface area contributed by atoms with Crippen LogP contribution in [0.1, 0.15) is 17.3 Å². The molecular weight excluding hydrogens is 356 g/mol. The monoisotopic (exact) mass is 380 g/mol. The first-order chi connectivity index (χ1) is 13.5. The van der Waals surface area contributed by atoms with E-state index < -0.39 is 0 Å². The maximum atomic E-state index is 13.0. The molecule has 2 amide bonds. The number of piperazine rings is 1. The number of benzene rings is 2. The molecule has 1 saturated heterocycles. The summed E-state index contributed by atoms with van der Waals surface area (Å²) in [6.07, 6.45) is 1.65. The van der Waals surface area contributed by atoms with Crippen molar-refractivity contribution in [3.05, 3.63) is 66.7 Å². The van der Waals surface area contributed by atoms with Gasteiger partial charge in [-0.15, -0.1) is 0 Å². The molecule has 28 heavy (non-hydrogen) atoms. The molecule has 0 unspecified atom stereocenters. The van der Waals surface area contributed by atoms with Gasteiger partial charge in [0.15, 0.2) is 0 Å². The van der Waals surface area contributed by atoms with Gasteiger partial charge in [0, 0.05) is 23.8 Å². The lowest BCUT2D eigenvalue weighted by Crippen LogP contribution is -2.57. The van der Waals surface area contributed by atoms with Gasteiger partial charge in [-0.3, -0.25) is 9.59 Å². The summed E-state index contributed by atoms with van der Waals surface area (Å²) in [6, 6.07) is 14.2. The molecule has 0 radical (unpaired) electrons. The van der Waals surface area contributed by atoms with Crippen molar-refractivity contribution in [1.82, 2.24) is 4.90 Å². The Labute approximate surface area is 165 Å². The second-order valence-electron chi connectivity index (χ2n) is 6.61. The smallest absolute Gasteiger partial charge is 0.254 e. The lowest BCUT2D eigenvalue weighted by Gasteiger charge is -2.39. The molecule has 0 saturated carbocycles. The molecule has 6 nitrogen and oxygen atoms in total. The average Bonchev–Trinajstić information content (AvgIpc) is 2.73. The first-order valence-electron chi connectivity index (χ1n) is 9.12. The fraction of sp³-hybridized carbons (Fsp3) is 0.273. The van der Waals surface area contributed by atoms with E-state index in [1.165, 1.54) is 0 Å². The number of ether oxygens (including phenoxy) is 2. The van der Waals surface area contributed by atoms with Crippen LogP contribution in [-0.2, 0) is 4.79 Å². The van der Waals surface area contributed by atoms with Crippen molar-refractivity contribution >= 4 is 17.5 Å². The molecular formula is C22H24N2O4. The molecule has 0 aliphatic carbocycles. The second kappa shape index (κ2) is 8.61. The van der Waals surface area contributed by atoms with Gasteiger partial charge in [0.25, 0.3) is 5.91 Å². The van der Waals surface area contributed by atoms with Crippen molar-refractivity contribution in [2.45, 2.75) is 13.0 Å².